The van der Waals surface area contributed by atoms with Crippen molar-refractivity contribution in [3.8, 4) is 10.8 Å². The molecule has 0 fully saturated rings. The van der Waals surface area contributed by atoms with Crippen molar-refractivity contribution in [1.82, 2.24) is 19.9 Å². The lowest BCUT2D eigenvalue weighted by Crippen LogP contribution is -2.23. The van der Waals surface area contributed by atoms with Gasteiger partial charge in [0.25, 0.3) is 17.4 Å². The summed E-state index contributed by atoms with van der Waals surface area (Å²) < 4.78 is 6.21. The molecule has 8 nitrogen and oxygen atoms in total. The Bertz CT molecular complexity index is 895. The third-order valence-corrected chi connectivity index (χ3v) is 3.73. The Morgan fingerprint density at radius 1 is 1.36 bits per heavy atom. The van der Waals surface area contributed by atoms with E-state index in [9.17, 15) is 9.59 Å². The Balaban J connectivity index is 1.87. The molecule has 0 aromatic carbocycles. The number of carbonyl (C=O) groups is 1. The van der Waals surface area contributed by atoms with Gasteiger partial charge in [0, 0.05) is 13.1 Å². The first-order chi connectivity index (χ1) is 10.5. The van der Waals surface area contributed by atoms with E-state index in [2.05, 4.69) is 20.6 Å². The van der Waals surface area contributed by atoms with Crippen LogP contribution in [-0.2, 0) is 7.05 Å². The van der Waals surface area contributed by atoms with Gasteiger partial charge >= 0.3 is 0 Å². The molecule has 3 heterocycles. The SMILES string of the molecule is Cc1noc(-c2sccc2NC(=O)c2ccc(=O)n(C)n2)n1. The molecule has 1 N–H and O–H groups in total. The van der Waals surface area contributed by atoms with Gasteiger partial charge in [0.05, 0.1) is 5.69 Å². The number of amides is 1. The second-order valence-corrected chi connectivity index (χ2v) is 5.36. The minimum Gasteiger partial charge on any atom is -0.333 e. The quantitative estimate of drug-likeness (QED) is 0.784. The van der Waals surface area contributed by atoms with Gasteiger partial charge in [0.1, 0.15) is 10.6 Å². The Morgan fingerprint density at radius 3 is 2.86 bits per heavy atom. The summed E-state index contributed by atoms with van der Waals surface area (Å²) in [6, 6.07) is 4.40. The van der Waals surface area contributed by atoms with Gasteiger partial charge in [-0.05, 0) is 24.4 Å². The first kappa shape index (κ1) is 14.1. The molecule has 22 heavy (non-hydrogen) atoms. The molecule has 0 spiro atoms. The number of anilines is 1. The molecule has 0 aliphatic carbocycles. The van der Waals surface area contributed by atoms with E-state index in [1.165, 1.54) is 30.5 Å². The van der Waals surface area contributed by atoms with Crippen LogP contribution in [0.5, 0.6) is 0 Å². The lowest BCUT2D eigenvalue weighted by atomic mass is 10.3. The molecule has 0 atom stereocenters. The predicted molar refractivity (Wildman–Crippen MR) is 79.8 cm³/mol. The number of hydrogen-bond donors (Lipinski definition) is 1. The largest absolute Gasteiger partial charge is 0.333 e. The van der Waals surface area contributed by atoms with Crippen molar-refractivity contribution >= 4 is 22.9 Å². The van der Waals surface area contributed by atoms with E-state index in [1.54, 1.807) is 18.4 Å². The number of hydrogen-bond acceptors (Lipinski definition) is 7. The van der Waals surface area contributed by atoms with Crippen LogP contribution in [0.15, 0.2) is 32.9 Å². The molecule has 0 aliphatic heterocycles. The average Bonchev–Trinajstić information content (AvgIpc) is 3.10. The number of nitrogens with zero attached hydrogens (tertiary/aromatic N) is 4. The van der Waals surface area contributed by atoms with E-state index in [-0.39, 0.29) is 11.3 Å². The van der Waals surface area contributed by atoms with Gasteiger partial charge in [0.15, 0.2) is 5.82 Å². The number of carbonyl (C=O) groups excluding carboxylic acids is 1. The van der Waals surface area contributed by atoms with Crippen LogP contribution < -0.4 is 10.9 Å². The molecule has 0 unspecified atom stereocenters. The summed E-state index contributed by atoms with van der Waals surface area (Å²) in [4.78, 5) is 28.3. The van der Waals surface area contributed by atoms with Gasteiger partial charge in [-0.1, -0.05) is 5.16 Å². The van der Waals surface area contributed by atoms with Crippen molar-refractivity contribution in [3.63, 3.8) is 0 Å². The van der Waals surface area contributed by atoms with Crippen molar-refractivity contribution < 1.29 is 9.32 Å². The molecular weight excluding hydrogens is 306 g/mol. The minimum atomic E-state index is -0.425. The van der Waals surface area contributed by atoms with Crippen molar-refractivity contribution in [2.45, 2.75) is 6.92 Å². The zero-order valence-corrected chi connectivity index (χ0v) is 12.5. The van der Waals surface area contributed by atoms with Crippen LogP contribution in [0, 0.1) is 6.92 Å². The molecule has 0 aliphatic rings. The van der Waals surface area contributed by atoms with E-state index in [0.717, 1.165) is 4.68 Å². The molecule has 112 valence electrons. The summed E-state index contributed by atoms with van der Waals surface area (Å²) in [5, 5.41) is 12.2. The number of nitrogens with one attached hydrogen (secondary N) is 1. The van der Waals surface area contributed by atoms with Crippen molar-refractivity contribution in [1.29, 1.82) is 0 Å². The van der Waals surface area contributed by atoms with Crippen LogP contribution in [-0.4, -0.2) is 25.8 Å². The normalized spacial score (nSPS) is 10.6. The maximum absolute atomic E-state index is 12.2. The number of aryl methyl sites for hydroxylation is 2. The molecule has 0 bridgehead atoms. The Hall–Kier alpha value is -2.81. The van der Waals surface area contributed by atoms with E-state index < -0.39 is 5.91 Å². The van der Waals surface area contributed by atoms with Crippen molar-refractivity contribution in [2.24, 2.45) is 7.05 Å². The Kier molecular flexibility index (Phi) is 3.55. The standard InChI is InChI=1S/C13H11N5O3S/c1-7-14-13(21-17-7)11-8(5-6-22-11)15-12(20)9-3-4-10(19)18(2)16-9/h3-6H,1-2H3,(H,15,20). The highest BCUT2D eigenvalue weighted by Gasteiger charge is 2.17. The third kappa shape index (κ3) is 2.66. The van der Waals surface area contributed by atoms with E-state index in [4.69, 9.17) is 4.52 Å². The Labute approximate surface area is 128 Å². The number of rotatable bonds is 3. The van der Waals surface area contributed by atoms with Crippen LogP contribution >= 0.6 is 11.3 Å². The van der Waals surface area contributed by atoms with E-state index >= 15 is 0 Å². The molecule has 1 amide bonds. The molecule has 3 rings (SSSR count). The molecule has 0 saturated heterocycles. The van der Waals surface area contributed by atoms with Gasteiger partial charge in [-0.3, -0.25) is 9.59 Å². The summed E-state index contributed by atoms with van der Waals surface area (Å²) in [7, 11) is 1.48. The lowest BCUT2D eigenvalue weighted by molar-refractivity contribution is 0.102. The van der Waals surface area contributed by atoms with Crippen LogP contribution in [0.3, 0.4) is 0 Å². The number of aromatic nitrogens is 4. The van der Waals surface area contributed by atoms with Gasteiger partial charge in [0.2, 0.25) is 0 Å². The fraction of sp³-hybridized carbons (Fsp3) is 0.154. The summed E-state index contributed by atoms with van der Waals surface area (Å²) in [6.07, 6.45) is 0. The maximum Gasteiger partial charge on any atom is 0.276 e. The molecule has 3 aromatic rings. The highest BCUT2D eigenvalue weighted by atomic mass is 32.1. The fourth-order valence-corrected chi connectivity index (χ4v) is 2.54. The van der Waals surface area contributed by atoms with Crippen LogP contribution in [0.25, 0.3) is 10.8 Å². The lowest BCUT2D eigenvalue weighted by Gasteiger charge is -2.04. The first-order valence-corrected chi connectivity index (χ1v) is 7.16. The summed E-state index contributed by atoms with van der Waals surface area (Å²) >= 11 is 1.37. The first-order valence-electron chi connectivity index (χ1n) is 6.28. The maximum atomic E-state index is 12.2. The highest BCUT2D eigenvalue weighted by Crippen LogP contribution is 2.32. The van der Waals surface area contributed by atoms with Gasteiger partial charge in [-0.2, -0.15) is 10.1 Å². The monoisotopic (exact) mass is 317 g/mol. The average molecular weight is 317 g/mol. The molecule has 9 heteroatoms. The fourth-order valence-electron chi connectivity index (χ4n) is 1.77. The number of thiophene rings is 1. The summed E-state index contributed by atoms with van der Waals surface area (Å²) in [5.41, 5.74) is 0.407. The molecule has 3 aromatic heterocycles. The second-order valence-electron chi connectivity index (χ2n) is 4.44. The third-order valence-electron chi connectivity index (χ3n) is 2.83. The van der Waals surface area contributed by atoms with E-state index in [0.29, 0.717) is 22.3 Å². The topological polar surface area (TPSA) is 103 Å². The zero-order chi connectivity index (χ0) is 15.7. The van der Waals surface area contributed by atoms with Crippen LogP contribution in [0.1, 0.15) is 16.3 Å². The smallest absolute Gasteiger partial charge is 0.276 e. The molecule has 0 saturated carbocycles. The van der Waals surface area contributed by atoms with Gasteiger partial charge < -0.3 is 9.84 Å². The van der Waals surface area contributed by atoms with Crippen LogP contribution in [0.4, 0.5) is 5.69 Å². The van der Waals surface area contributed by atoms with Gasteiger partial charge in [-0.25, -0.2) is 4.68 Å². The minimum absolute atomic E-state index is 0.140. The molecular formula is C13H11N5O3S. The van der Waals surface area contributed by atoms with Crippen LogP contribution in [0.2, 0.25) is 0 Å². The van der Waals surface area contributed by atoms with E-state index in [1.807, 2.05) is 0 Å². The molecule has 0 radical (unpaired) electrons. The van der Waals surface area contributed by atoms with Crippen molar-refractivity contribution in [2.75, 3.05) is 5.32 Å². The second kappa shape index (κ2) is 5.53. The highest BCUT2D eigenvalue weighted by molar-refractivity contribution is 7.14. The summed E-state index contributed by atoms with van der Waals surface area (Å²) in [6.45, 7) is 1.72. The van der Waals surface area contributed by atoms with Crippen molar-refractivity contribution in [3.05, 3.63) is 45.5 Å². The van der Waals surface area contributed by atoms with Gasteiger partial charge in [-0.15, -0.1) is 11.3 Å². The Morgan fingerprint density at radius 2 is 2.18 bits per heavy atom. The zero-order valence-electron chi connectivity index (χ0n) is 11.7. The summed E-state index contributed by atoms with van der Waals surface area (Å²) in [5.74, 6) is 0.433. The predicted octanol–water partition coefficient (Wildman–Crippen LogP) is 1.45.